The van der Waals surface area contributed by atoms with Crippen molar-refractivity contribution < 1.29 is 37.7 Å². The Morgan fingerprint density at radius 3 is 2.06 bits per heavy atom. The van der Waals surface area contributed by atoms with Gasteiger partial charge in [0, 0.05) is 5.56 Å². The largest absolute Gasteiger partial charge is 0.493 e. The van der Waals surface area contributed by atoms with Crippen LogP contribution in [0.3, 0.4) is 0 Å². The Bertz CT molecular complexity index is 1100. The van der Waals surface area contributed by atoms with Gasteiger partial charge in [-0.2, -0.15) is 0 Å². The summed E-state index contributed by atoms with van der Waals surface area (Å²) in [5.41, 5.74) is 1.13. The van der Waals surface area contributed by atoms with Crippen LogP contribution in [0.1, 0.15) is 26.3 Å². The van der Waals surface area contributed by atoms with Crippen molar-refractivity contribution in [3.63, 3.8) is 0 Å². The third kappa shape index (κ3) is 5.79. The molecule has 0 unspecified atom stereocenters. The number of para-hydroxylation sites is 1. The Kier molecular flexibility index (Phi) is 7.86. The Morgan fingerprint density at radius 2 is 1.45 bits per heavy atom. The smallest absolute Gasteiger partial charge is 0.342 e. The minimum Gasteiger partial charge on any atom is -0.493 e. The van der Waals surface area contributed by atoms with Crippen molar-refractivity contribution in [1.29, 1.82) is 0 Å². The molecule has 0 atom stereocenters. The van der Waals surface area contributed by atoms with E-state index < -0.39 is 18.4 Å². The fourth-order valence-corrected chi connectivity index (χ4v) is 3.04. The quantitative estimate of drug-likeness (QED) is 0.330. The van der Waals surface area contributed by atoms with E-state index in [-0.39, 0.29) is 29.3 Å². The Hall–Kier alpha value is -4.07. The highest BCUT2D eigenvalue weighted by Crippen LogP contribution is 2.38. The molecule has 7 nitrogen and oxygen atoms in total. The highest BCUT2D eigenvalue weighted by atomic mass is 19.1. The van der Waals surface area contributed by atoms with E-state index >= 15 is 0 Å². The molecule has 0 fully saturated rings. The number of carbonyl (C=O) groups excluding carboxylic acids is 2. The molecule has 0 saturated heterocycles. The van der Waals surface area contributed by atoms with Crippen LogP contribution in [0.4, 0.5) is 4.39 Å². The lowest BCUT2D eigenvalue weighted by Crippen LogP contribution is -2.15. The number of hydrogen-bond donors (Lipinski definition) is 0. The first-order valence-electron chi connectivity index (χ1n) is 9.93. The maximum atomic E-state index is 13.1. The number of ketones is 1. The molecule has 0 spiro atoms. The highest BCUT2D eigenvalue weighted by molar-refractivity contribution is 6.00. The molecule has 0 aromatic heterocycles. The second-order valence-electron chi connectivity index (χ2n) is 6.82. The van der Waals surface area contributed by atoms with Gasteiger partial charge >= 0.3 is 5.97 Å². The Morgan fingerprint density at radius 1 is 0.818 bits per heavy atom. The van der Waals surface area contributed by atoms with Gasteiger partial charge in [0.25, 0.3) is 0 Å². The SMILES string of the molecule is COc1cc(C(=O)COC(=O)c2ccccc2OCc2ccc(F)cc2)cc(OC)c1OC. The zero-order chi connectivity index (χ0) is 23.8. The van der Waals surface area contributed by atoms with E-state index in [4.69, 9.17) is 23.7 Å². The first-order chi connectivity index (χ1) is 16.0. The number of rotatable bonds is 10. The summed E-state index contributed by atoms with van der Waals surface area (Å²) in [6, 6.07) is 15.3. The van der Waals surface area contributed by atoms with Crippen molar-refractivity contribution >= 4 is 11.8 Å². The van der Waals surface area contributed by atoms with E-state index in [1.54, 1.807) is 30.3 Å². The zero-order valence-corrected chi connectivity index (χ0v) is 18.4. The molecule has 0 aliphatic heterocycles. The molecule has 0 saturated carbocycles. The maximum absolute atomic E-state index is 13.1. The number of Topliss-reactive ketones (excluding diaryl/α,β-unsaturated/α-hetero) is 1. The lowest BCUT2D eigenvalue weighted by atomic mass is 10.1. The number of benzene rings is 3. The molecule has 0 aliphatic rings. The van der Waals surface area contributed by atoms with E-state index in [1.807, 2.05) is 0 Å². The molecule has 3 rings (SSSR count). The van der Waals surface area contributed by atoms with Crippen molar-refractivity contribution in [2.75, 3.05) is 27.9 Å². The van der Waals surface area contributed by atoms with Gasteiger partial charge in [-0.05, 0) is 42.0 Å². The van der Waals surface area contributed by atoms with Crippen molar-refractivity contribution in [3.05, 3.63) is 83.2 Å². The average Bonchev–Trinajstić information content (AvgIpc) is 2.85. The number of ether oxygens (including phenoxy) is 5. The molecular weight excluding hydrogens is 431 g/mol. The van der Waals surface area contributed by atoms with Crippen LogP contribution in [0, 0.1) is 5.82 Å². The first-order valence-corrected chi connectivity index (χ1v) is 9.93. The van der Waals surface area contributed by atoms with Gasteiger partial charge in [-0.3, -0.25) is 4.79 Å². The highest BCUT2D eigenvalue weighted by Gasteiger charge is 2.20. The maximum Gasteiger partial charge on any atom is 0.342 e. The molecule has 0 bridgehead atoms. The lowest BCUT2D eigenvalue weighted by Gasteiger charge is -2.14. The van der Waals surface area contributed by atoms with Gasteiger partial charge in [-0.1, -0.05) is 24.3 Å². The van der Waals surface area contributed by atoms with Crippen LogP contribution in [-0.2, 0) is 11.3 Å². The second-order valence-corrected chi connectivity index (χ2v) is 6.82. The Labute approximate surface area is 190 Å². The molecule has 0 amide bonds. The predicted molar refractivity (Wildman–Crippen MR) is 118 cm³/mol. The van der Waals surface area contributed by atoms with Crippen molar-refractivity contribution in [1.82, 2.24) is 0 Å². The average molecular weight is 454 g/mol. The van der Waals surface area contributed by atoms with Crippen LogP contribution in [-0.4, -0.2) is 39.7 Å². The second kappa shape index (κ2) is 11.0. The summed E-state index contributed by atoms with van der Waals surface area (Å²) in [6.07, 6.45) is 0. The molecule has 33 heavy (non-hydrogen) atoms. The van der Waals surface area contributed by atoms with Gasteiger partial charge in [0.1, 0.15) is 23.7 Å². The summed E-state index contributed by atoms with van der Waals surface area (Å²) >= 11 is 0. The lowest BCUT2D eigenvalue weighted by molar-refractivity contribution is 0.0470. The van der Waals surface area contributed by atoms with E-state index in [0.29, 0.717) is 17.2 Å². The third-order valence-corrected chi connectivity index (χ3v) is 4.74. The fourth-order valence-electron chi connectivity index (χ4n) is 3.04. The summed E-state index contributed by atoms with van der Waals surface area (Å²) in [5.74, 6) is -0.262. The molecule has 0 radical (unpaired) electrons. The topological polar surface area (TPSA) is 80.3 Å². The number of carbonyl (C=O) groups is 2. The van der Waals surface area contributed by atoms with E-state index in [1.165, 1.54) is 51.7 Å². The minimum absolute atomic E-state index is 0.134. The number of esters is 1. The molecule has 0 aliphatic carbocycles. The van der Waals surface area contributed by atoms with Gasteiger partial charge < -0.3 is 23.7 Å². The van der Waals surface area contributed by atoms with Crippen LogP contribution in [0.2, 0.25) is 0 Å². The van der Waals surface area contributed by atoms with Crippen LogP contribution >= 0.6 is 0 Å². The normalized spacial score (nSPS) is 10.3. The summed E-state index contributed by atoms with van der Waals surface area (Å²) in [7, 11) is 4.34. The molecule has 0 N–H and O–H groups in total. The van der Waals surface area contributed by atoms with Gasteiger partial charge in [0.15, 0.2) is 18.1 Å². The molecule has 3 aromatic rings. The van der Waals surface area contributed by atoms with E-state index in [0.717, 1.165) is 5.56 Å². The van der Waals surface area contributed by atoms with Crippen LogP contribution in [0.15, 0.2) is 60.7 Å². The van der Waals surface area contributed by atoms with Crippen LogP contribution in [0.5, 0.6) is 23.0 Å². The molecule has 8 heteroatoms. The van der Waals surface area contributed by atoms with Gasteiger partial charge in [0.2, 0.25) is 11.5 Å². The Balaban J connectivity index is 1.68. The number of halogens is 1. The van der Waals surface area contributed by atoms with E-state index in [2.05, 4.69) is 0 Å². The standard InChI is InChI=1S/C25H23FO7/c1-29-22-12-17(13-23(30-2)24(22)31-3)20(27)15-33-25(28)19-6-4-5-7-21(19)32-14-16-8-10-18(26)11-9-16/h4-13H,14-15H2,1-3H3. The van der Waals surface area contributed by atoms with Gasteiger partial charge in [-0.25, -0.2) is 9.18 Å². The number of methoxy groups -OCH3 is 3. The zero-order valence-electron chi connectivity index (χ0n) is 18.4. The van der Waals surface area contributed by atoms with Crippen molar-refractivity contribution in [3.8, 4) is 23.0 Å². The molecule has 0 heterocycles. The molecule has 3 aromatic carbocycles. The minimum atomic E-state index is -0.717. The summed E-state index contributed by atoms with van der Waals surface area (Å²) in [6.45, 7) is -0.362. The van der Waals surface area contributed by atoms with Crippen LogP contribution in [0.25, 0.3) is 0 Å². The van der Waals surface area contributed by atoms with E-state index in [9.17, 15) is 14.0 Å². The van der Waals surface area contributed by atoms with Gasteiger partial charge in [-0.15, -0.1) is 0 Å². The van der Waals surface area contributed by atoms with Crippen molar-refractivity contribution in [2.24, 2.45) is 0 Å². The summed E-state index contributed by atoms with van der Waals surface area (Å²) in [4.78, 5) is 25.3. The molecule has 172 valence electrons. The fraction of sp³-hybridized carbons (Fsp3) is 0.200. The number of hydrogen-bond acceptors (Lipinski definition) is 7. The monoisotopic (exact) mass is 454 g/mol. The van der Waals surface area contributed by atoms with Crippen LogP contribution < -0.4 is 18.9 Å². The summed E-state index contributed by atoms with van der Waals surface area (Å²) in [5, 5.41) is 0. The molecular formula is C25H23FO7. The van der Waals surface area contributed by atoms with Gasteiger partial charge in [0.05, 0.1) is 21.3 Å². The van der Waals surface area contributed by atoms with Crippen molar-refractivity contribution in [2.45, 2.75) is 6.61 Å². The first kappa shape index (κ1) is 23.6. The summed E-state index contributed by atoms with van der Waals surface area (Å²) < 4.78 is 39.7. The third-order valence-electron chi connectivity index (χ3n) is 4.74. The predicted octanol–water partition coefficient (Wildman–Crippen LogP) is 4.47.